The van der Waals surface area contributed by atoms with Crippen molar-refractivity contribution in [3.63, 3.8) is 0 Å². The molecule has 1 saturated heterocycles. The summed E-state index contributed by atoms with van der Waals surface area (Å²) in [7, 11) is 4.09. The second kappa shape index (κ2) is 11.2. The second-order valence-corrected chi connectivity index (χ2v) is 11.7. The number of thiophene rings is 1. The number of fused-ring (bicyclic) bond motifs is 3. The quantitative estimate of drug-likeness (QED) is 0.418. The Balaban J connectivity index is 1.36. The normalized spacial score (nSPS) is 21.2. The summed E-state index contributed by atoms with van der Waals surface area (Å²) >= 11 is 4.86. The maximum absolute atomic E-state index is 14.2. The molecule has 5 rings (SSSR count). The van der Waals surface area contributed by atoms with Gasteiger partial charge < -0.3 is 20.3 Å². The summed E-state index contributed by atoms with van der Waals surface area (Å²) < 4.78 is 36.5. The molecule has 1 fully saturated rings. The number of nitrogens with one attached hydrogen (secondary N) is 2. The van der Waals surface area contributed by atoms with Crippen LogP contribution < -0.4 is 15.4 Å². The molecule has 37 heavy (non-hydrogen) atoms. The van der Waals surface area contributed by atoms with E-state index in [0.717, 1.165) is 41.5 Å². The number of rotatable bonds is 7. The smallest absolute Gasteiger partial charge is 0.261 e. The Bertz CT molecular complexity index is 1280. The van der Waals surface area contributed by atoms with Gasteiger partial charge in [0.15, 0.2) is 16.7 Å². The van der Waals surface area contributed by atoms with Crippen LogP contribution in [0.5, 0.6) is 5.06 Å². The van der Waals surface area contributed by atoms with E-state index in [1.165, 1.54) is 23.5 Å². The summed E-state index contributed by atoms with van der Waals surface area (Å²) in [5.41, 5.74) is 2.42. The van der Waals surface area contributed by atoms with Crippen LogP contribution in [0.2, 0.25) is 0 Å². The van der Waals surface area contributed by atoms with Crippen LogP contribution in [0.3, 0.4) is 0 Å². The van der Waals surface area contributed by atoms with Crippen molar-refractivity contribution in [3.05, 3.63) is 57.0 Å². The van der Waals surface area contributed by atoms with Crippen molar-refractivity contribution < 1.29 is 18.3 Å². The van der Waals surface area contributed by atoms with E-state index in [1.54, 1.807) is 12.3 Å². The average Bonchev–Trinajstić information content (AvgIpc) is 3.40. The third-order valence-corrected chi connectivity index (χ3v) is 8.63. The van der Waals surface area contributed by atoms with E-state index in [9.17, 15) is 13.6 Å². The van der Waals surface area contributed by atoms with Crippen LogP contribution >= 0.6 is 27.3 Å². The highest BCUT2D eigenvalue weighted by Crippen LogP contribution is 2.43. The molecule has 2 aliphatic rings. The van der Waals surface area contributed by atoms with Crippen LogP contribution in [-0.4, -0.2) is 66.5 Å². The molecule has 0 aliphatic carbocycles. The lowest BCUT2D eigenvalue weighted by Gasteiger charge is -2.38. The molecule has 3 atom stereocenters. The molecule has 0 radical (unpaired) electrons. The average molecular weight is 595 g/mol. The Kier molecular flexibility index (Phi) is 7.94. The fraction of sp³-hybridized carbons (Fsp3) is 0.462. The first kappa shape index (κ1) is 26.3. The second-order valence-electron chi connectivity index (χ2n) is 9.87. The fourth-order valence-electron chi connectivity index (χ4n) is 5.15. The van der Waals surface area contributed by atoms with Gasteiger partial charge in [-0.15, -0.1) is 0 Å². The van der Waals surface area contributed by atoms with Crippen LogP contribution in [0.25, 0.3) is 11.3 Å². The first-order chi connectivity index (χ1) is 17.8. The molecule has 0 saturated carbocycles. The molecule has 4 heterocycles. The molecule has 2 aliphatic heterocycles. The summed E-state index contributed by atoms with van der Waals surface area (Å²) in [4.78, 5) is 16.1. The van der Waals surface area contributed by atoms with E-state index in [2.05, 4.69) is 36.6 Å². The van der Waals surface area contributed by atoms with Gasteiger partial charge in [-0.2, -0.15) is 5.10 Å². The highest BCUT2D eigenvalue weighted by atomic mass is 79.9. The van der Waals surface area contributed by atoms with Crippen molar-refractivity contribution in [2.24, 2.45) is 0 Å². The van der Waals surface area contributed by atoms with Crippen molar-refractivity contribution >= 4 is 33.2 Å². The Morgan fingerprint density at radius 2 is 2.16 bits per heavy atom. The van der Waals surface area contributed by atoms with Crippen molar-refractivity contribution in [1.29, 1.82) is 0 Å². The monoisotopic (exact) mass is 593 g/mol. The number of aromatic nitrogens is 2. The number of carbonyl (C=O) groups excluding carboxylic acids is 1. The molecule has 7 nitrogen and oxygen atoms in total. The summed E-state index contributed by atoms with van der Waals surface area (Å²) in [6.07, 6.45) is 4.46. The zero-order valence-corrected chi connectivity index (χ0v) is 23.2. The maximum Gasteiger partial charge on any atom is 0.261 e. The van der Waals surface area contributed by atoms with Gasteiger partial charge >= 0.3 is 0 Å². The molecule has 3 aromatic rings. The van der Waals surface area contributed by atoms with Crippen molar-refractivity contribution in [1.82, 2.24) is 25.3 Å². The van der Waals surface area contributed by atoms with Crippen LogP contribution in [0.4, 0.5) is 8.78 Å². The van der Waals surface area contributed by atoms with E-state index in [-0.39, 0.29) is 23.9 Å². The number of piperidine rings is 1. The predicted molar refractivity (Wildman–Crippen MR) is 143 cm³/mol. The number of carbonyl (C=O) groups is 1. The molecule has 198 valence electrons. The van der Waals surface area contributed by atoms with Crippen molar-refractivity contribution in [2.75, 3.05) is 33.8 Å². The number of amides is 1. The van der Waals surface area contributed by atoms with E-state index in [1.807, 2.05) is 24.8 Å². The number of benzene rings is 1. The minimum absolute atomic E-state index is 0.144. The third-order valence-electron chi connectivity index (χ3n) is 7.00. The first-order valence-electron chi connectivity index (χ1n) is 12.4. The molecule has 0 unspecified atom stereocenters. The number of nitrogens with zero attached hydrogens (tertiary/aromatic N) is 3. The number of halogens is 3. The number of ether oxygens (including phenoxy) is 1. The molecule has 11 heteroatoms. The minimum Gasteiger partial charge on any atom is -0.481 e. The zero-order valence-electron chi connectivity index (χ0n) is 20.8. The Morgan fingerprint density at radius 3 is 2.95 bits per heavy atom. The lowest BCUT2D eigenvalue weighted by Crippen LogP contribution is -2.53. The van der Waals surface area contributed by atoms with Crippen LogP contribution in [0.15, 0.2) is 34.9 Å². The highest BCUT2D eigenvalue weighted by Gasteiger charge is 2.34. The van der Waals surface area contributed by atoms with Gasteiger partial charge in [-0.3, -0.25) is 9.48 Å². The van der Waals surface area contributed by atoms with Gasteiger partial charge in [0.05, 0.1) is 33.3 Å². The number of hydrogen-bond donors (Lipinski definition) is 2. The van der Waals surface area contributed by atoms with Crippen LogP contribution in [0.1, 0.15) is 40.4 Å². The van der Waals surface area contributed by atoms with Gasteiger partial charge in [-0.1, -0.05) is 17.4 Å². The highest BCUT2D eigenvalue weighted by molar-refractivity contribution is 9.10. The molecular weight excluding hydrogens is 564 g/mol. The molecule has 1 amide bonds. The molecule has 2 aromatic heterocycles. The van der Waals surface area contributed by atoms with Gasteiger partial charge in [-0.25, -0.2) is 8.78 Å². The Labute approximate surface area is 227 Å². The third kappa shape index (κ3) is 5.74. The van der Waals surface area contributed by atoms with Crippen molar-refractivity contribution in [2.45, 2.75) is 43.8 Å². The van der Waals surface area contributed by atoms with Gasteiger partial charge in [0.25, 0.3) is 5.91 Å². The Hall–Kier alpha value is -2.34. The first-order valence-corrected chi connectivity index (χ1v) is 14.0. The zero-order chi connectivity index (χ0) is 26.1. The minimum atomic E-state index is -0.869. The molecule has 0 bridgehead atoms. The summed E-state index contributed by atoms with van der Waals surface area (Å²) in [6.45, 7) is 2.62. The maximum atomic E-state index is 14.2. The van der Waals surface area contributed by atoms with Crippen LogP contribution in [-0.2, 0) is 6.54 Å². The topological polar surface area (TPSA) is 71.4 Å². The molecule has 2 N–H and O–H groups in total. The molecular formula is C26H30BrF2N5O2S. The van der Waals surface area contributed by atoms with E-state index in [0.29, 0.717) is 35.2 Å². The van der Waals surface area contributed by atoms with Gasteiger partial charge in [0.1, 0.15) is 6.61 Å². The van der Waals surface area contributed by atoms with E-state index >= 15 is 0 Å². The molecule has 1 aromatic carbocycles. The lowest BCUT2D eigenvalue weighted by molar-refractivity contribution is 0.0922. The van der Waals surface area contributed by atoms with E-state index < -0.39 is 11.6 Å². The van der Waals surface area contributed by atoms with Crippen molar-refractivity contribution in [3.8, 4) is 16.3 Å². The fourth-order valence-corrected chi connectivity index (χ4v) is 6.60. The van der Waals surface area contributed by atoms with Gasteiger partial charge in [0.2, 0.25) is 0 Å². The number of hydrogen-bond acceptors (Lipinski definition) is 6. The van der Waals surface area contributed by atoms with E-state index in [4.69, 9.17) is 4.74 Å². The summed E-state index contributed by atoms with van der Waals surface area (Å²) in [5.74, 6) is -2.10. The van der Waals surface area contributed by atoms with Gasteiger partial charge in [0, 0.05) is 24.5 Å². The predicted octanol–water partition coefficient (Wildman–Crippen LogP) is 4.63. The SMILES string of the molecule is CN(C)CCC[C@@H]1C[C@@H](c2ccc(F)c(F)c2)[C@H](NC(=O)c2cc3c(s2)OCCn2ncc(Br)c2-3)CN1. The lowest BCUT2D eigenvalue weighted by atomic mass is 9.81. The summed E-state index contributed by atoms with van der Waals surface area (Å²) in [6, 6.07) is 5.86. The largest absolute Gasteiger partial charge is 0.481 e. The standard InChI is InChI=1S/C26H30BrF2N5O2S/c1-33(2)7-3-4-16-11-17(15-5-6-20(28)21(29)10-15)22(14-30-16)32-25(35)23-12-18-24-19(27)13-31-34(24)8-9-36-26(18)37-23/h5-6,10,12-13,16-17,22,30H,3-4,7-9,11,14H2,1-2H3,(H,32,35)/t16-,17+,22-/m1/s1. The summed E-state index contributed by atoms with van der Waals surface area (Å²) in [5, 5.41) is 11.8. The van der Waals surface area contributed by atoms with Crippen LogP contribution in [0, 0.1) is 11.6 Å². The van der Waals surface area contributed by atoms with Gasteiger partial charge in [-0.05, 0) is 79.6 Å². The Morgan fingerprint density at radius 1 is 1.32 bits per heavy atom. The molecule has 0 spiro atoms.